The fourth-order valence-electron chi connectivity index (χ4n) is 13.8. The average molecular weight is 1300 g/mol. The number of ether oxygens (including phenoxy) is 1. The number of hydrogen-bond acceptors (Lipinski definition) is 5. The van der Waals surface area contributed by atoms with Gasteiger partial charge in [0.2, 0.25) is 5.91 Å². The van der Waals surface area contributed by atoms with Crippen molar-refractivity contribution in [3.05, 3.63) is 24.3 Å². The molecule has 0 aliphatic carbocycles. The molecule has 546 valence electrons. The summed E-state index contributed by atoms with van der Waals surface area (Å²) in [6, 6.07) is -0.626. The summed E-state index contributed by atoms with van der Waals surface area (Å²) >= 11 is 0. The second kappa shape index (κ2) is 81.8. The van der Waals surface area contributed by atoms with Crippen molar-refractivity contribution in [2.24, 2.45) is 0 Å². The Morgan fingerprint density at radius 3 is 0.772 bits per heavy atom. The van der Waals surface area contributed by atoms with Gasteiger partial charge >= 0.3 is 5.97 Å². The summed E-state index contributed by atoms with van der Waals surface area (Å²) in [5.74, 6) is -0.0379. The molecule has 2 atom stereocenters. The van der Waals surface area contributed by atoms with Gasteiger partial charge < -0.3 is 20.3 Å². The number of unbranched alkanes of at least 4 members (excludes halogenated alkanes) is 68. The van der Waals surface area contributed by atoms with Gasteiger partial charge in [-0.3, -0.25) is 9.59 Å². The smallest absolute Gasteiger partial charge is 0.305 e. The Labute approximate surface area is 577 Å². The fraction of sp³-hybridized carbons (Fsp3) is 0.930. The van der Waals surface area contributed by atoms with E-state index in [1.807, 2.05) is 6.08 Å². The first-order valence-corrected chi connectivity index (χ1v) is 42.6. The second-order valence-electron chi connectivity index (χ2n) is 29.5. The van der Waals surface area contributed by atoms with Crippen molar-refractivity contribution in [1.29, 1.82) is 0 Å². The van der Waals surface area contributed by atoms with Crippen LogP contribution in [0.15, 0.2) is 24.3 Å². The second-order valence-corrected chi connectivity index (χ2v) is 29.5. The van der Waals surface area contributed by atoms with Crippen molar-refractivity contribution in [2.75, 3.05) is 13.2 Å². The zero-order valence-electron chi connectivity index (χ0n) is 62.8. The molecule has 0 rings (SSSR count). The van der Waals surface area contributed by atoms with Gasteiger partial charge in [0.15, 0.2) is 0 Å². The lowest BCUT2D eigenvalue weighted by molar-refractivity contribution is -0.143. The lowest BCUT2D eigenvalue weighted by Crippen LogP contribution is -2.45. The summed E-state index contributed by atoms with van der Waals surface area (Å²) in [6.45, 7) is 4.96. The topological polar surface area (TPSA) is 95.9 Å². The molecule has 3 N–H and O–H groups in total. The number of aliphatic hydroxyl groups excluding tert-OH is 2. The van der Waals surface area contributed by atoms with Crippen LogP contribution >= 0.6 is 0 Å². The SMILES string of the molecule is CCCCCCCC/C=C\CCCCCCCCCC(=O)OCCCCCCCCCCCCCCCCCCCCCCCCCCCCCCCCCCCC(=O)NC(CO)C(O)/C=C/CCCCCCCCCCCCCCCCCCCCCCCCC. The molecular weight excluding hydrogens is 1130 g/mol. The highest BCUT2D eigenvalue weighted by Crippen LogP contribution is 2.21. The Bertz CT molecular complexity index is 1450. The van der Waals surface area contributed by atoms with E-state index in [4.69, 9.17) is 4.74 Å². The van der Waals surface area contributed by atoms with Crippen LogP contribution in [0.25, 0.3) is 0 Å². The largest absolute Gasteiger partial charge is 0.466 e. The molecule has 0 aromatic heterocycles. The predicted molar refractivity (Wildman–Crippen MR) is 407 cm³/mol. The summed E-state index contributed by atoms with van der Waals surface area (Å²) in [4.78, 5) is 24.7. The molecule has 0 heterocycles. The normalized spacial score (nSPS) is 12.5. The zero-order chi connectivity index (χ0) is 66.3. The first-order valence-electron chi connectivity index (χ1n) is 42.6. The molecule has 0 radical (unpaired) electrons. The van der Waals surface area contributed by atoms with Crippen LogP contribution in [0, 0.1) is 0 Å². The third-order valence-electron chi connectivity index (χ3n) is 20.2. The van der Waals surface area contributed by atoms with Gasteiger partial charge in [-0.15, -0.1) is 0 Å². The third kappa shape index (κ3) is 77.3. The number of aliphatic hydroxyl groups is 2. The molecule has 0 aromatic rings. The summed E-state index contributed by atoms with van der Waals surface area (Å²) < 4.78 is 5.51. The molecule has 92 heavy (non-hydrogen) atoms. The van der Waals surface area contributed by atoms with E-state index in [0.29, 0.717) is 19.4 Å². The van der Waals surface area contributed by atoms with Gasteiger partial charge in [-0.05, 0) is 57.8 Å². The van der Waals surface area contributed by atoms with E-state index < -0.39 is 12.1 Å². The molecule has 6 nitrogen and oxygen atoms in total. The van der Waals surface area contributed by atoms with Crippen molar-refractivity contribution < 1.29 is 24.5 Å². The zero-order valence-corrected chi connectivity index (χ0v) is 62.8. The van der Waals surface area contributed by atoms with Gasteiger partial charge in [0.05, 0.1) is 25.4 Å². The van der Waals surface area contributed by atoms with E-state index in [2.05, 4.69) is 31.3 Å². The summed E-state index contributed by atoms with van der Waals surface area (Å²) in [5, 5.41) is 23.3. The molecule has 0 fully saturated rings. The lowest BCUT2D eigenvalue weighted by Gasteiger charge is -2.20. The Hall–Kier alpha value is -1.66. The average Bonchev–Trinajstić information content (AvgIpc) is 3.61. The number of carbonyl (C=O) groups excluding carboxylic acids is 2. The van der Waals surface area contributed by atoms with Crippen LogP contribution in [0.4, 0.5) is 0 Å². The number of carbonyl (C=O) groups is 2. The highest BCUT2D eigenvalue weighted by molar-refractivity contribution is 5.76. The van der Waals surface area contributed by atoms with Crippen LogP contribution in [-0.2, 0) is 14.3 Å². The summed E-state index contributed by atoms with van der Waals surface area (Å²) in [5.41, 5.74) is 0. The molecule has 0 bridgehead atoms. The predicted octanol–water partition coefficient (Wildman–Crippen LogP) is 28.4. The van der Waals surface area contributed by atoms with Crippen LogP contribution < -0.4 is 5.32 Å². The van der Waals surface area contributed by atoms with Gasteiger partial charge in [0.1, 0.15) is 0 Å². The number of rotatable bonds is 81. The standard InChI is InChI=1S/C86H167NO5/c1-3-5-7-9-11-13-15-17-19-21-22-23-24-34-37-40-43-47-50-54-58-62-66-70-74-78-84(89)83(82-88)87-85(90)79-75-71-67-63-59-55-51-48-44-41-38-35-32-30-28-26-25-27-29-31-33-36-39-42-45-49-53-57-61-65-69-73-77-81-92-86(91)80-76-72-68-64-60-56-52-46-20-18-16-14-12-10-8-6-4-2/h18,20,74,78,83-84,88-89H,3-17,19,21-73,75-77,79-82H2,1-2H3,(H,87,90)/b20-18-,78-74+. The Balaban J connectivity index is 3.34. The van der Waals surface area contributed by atoms with Crippen molar-refractivity contribution in [3.63, 3.8) is 0 Å². The van der Waals surface area contributed by atoms with Crippen LogP contribution in [-0.4, -0.2) is 47.4 Å². The van der Waals surface area contributed by atoms with E-state index in [1.165, 1.54) is 424 Å². The molecular formula is C86H167NO5. The maximum atomic E-state index is 12.6. The highest BCUT2D eigenvalue weighted by atomic mass is 16.5. The maximum absolute atomic E-state index is 12.6. The van der Waals surface area contributed by atoms with Gasteiger partial charge in [-0.2, -0.15) is 0 Å². The Kier molecular flexibility index (Phi) is 80.3. The molecule has 0 saturated carbocycles. The monoisotopic (exact) mass is 1290 g/mol. The van der Waals surface area contributed by atoms with E-state index in [0.717, 1.165) is 38.5 Å². The van der Waals surface area contributed by atoms with E-state index in [9.17, 15) is 19.8 Å². The first-order chi connectivity index (χ1) is 45.5. The molecule has 0 aliphatic rings. The molecule has 0 aliphatic heterocycles. The highest BCUT2D eigenvalue weighted by Gasteiger charge is 2.18. The van der Waals surface area contributed by atoms with Gasteiger partial charge in [0, 0.05) is 12.8 Å². The molecule has 1 amide bonds. The Morgan fingerprint density at radius 2 is 0.511 bits per heavy atom. The number of amides is 1. The summed E-state index contributed by atoms with van der Waals surface area (Å²) in [6.07, 6.45) is 106. The minimum atomic E-state index is -0.843. The summed E-state index contributed by atoms with van der Waals surface area (Å²) in [7, 11) is 0. The van der Waals surface area contributed by atoms with Gasteiger partial charge in [-0.1, -0.05) is 443 Å². The van der Waals surface area contributed by atoms with Crippen LogP contribution in [0.5, 0.6) is 0 Å². The van der Waals surface area contributed by atoms with E-state index in [-0.39, 0.29) is 18.5 Å². The van der Waals surface area contributed by atoms with Gasteiger partial charge in [0.25, 0.3) is 0 Å². The minimum absolute atomic E-state index is 0.0193. The fourth-order valence-corrected chi connectivity index (χ4v) is 13.8. The van der Waals surface area contributed by atoms with Crippen LogP contribution in [0.1, 0.15) is 489 Å². The third-order valence-corrected chi connectivity index (χ3v) is 20.2. The number of allylic oxidation sites excluding steroid dienone is 3. The number of nitrogens with one attached hydrogen (secondary N) is 1. The number of esters is 1. The molecule has 0 spiro atoms. The molecule has 6 heteroatoms. The van der Waals surface area contributed by atoms with E-state index in [1.54, 1.807) is 6.08 Å². The van der Waals surface area contributed by atoms with Crippen molar-refractivity contribution >= 4 is 11.9 Å². The molecule has 2 unspecified atom stereocenters. The van der Waals surface area contributed by atoms with Crippen LogP contribution in [0.2, 0.25) is 0 Å². The van der Waals surface area contributed by atoms with Crippen molar-refractivity contribution in [1.82, 2.24) is 5.32 Å². The Morgan fingerprint density at radius 1 is 0.293 bits per heavy atom. The number of hydrogen-bond donors (Lipinski definition) is 3. The minimum Gasteiger partial charge on any atom is -0.466 e. The lowest BCUT2D eigenvalue weighted by atomic mass is 10.0. The van der Waals surface area contributed by atoms with Gasteiger partial charge in [-0.25, -0.2) is 0 Å². The van der Waals surface area contributed by atoms with Crippen molar-refractivity contribution in [3.8, 4) is 0 Å². The van der Waals surface area contributed by atoms with Crippen molar-refractivity contribution in [2.45, 2.75) is 501 Å². The quantitative estimate of drug-likeness (QED) is 0.0320. The molecule has 0 saturated heterocycles. The first kappa shape index (κ1) is 90.3. The van der Waals surface area contributed by atoms with Crippen LogP contribution in [0.3, 0.4) is 0 Å². The molecule has 0 aromatic carbocycles. The van der Waals surface area contributed by atoms with E-state index >= 15 is 0 Å². The maximum Gasteiger partial charge on any atom is 0.305 e.